The number of hydrogen-bond donors (Lipinski definition) is 6. The smallest absolute Gasteiger partial charge is 0.229 e. The first-order chi connectivity index (χ1) is 30.4. The number of carbonyl (C=O) groups excluding carboxylic acids is 2. The number of amides is 2. The minimum Gasteiger partial charge on any atom is -0.376 e. The first kappa shape index (κ1) is 44.3. The summed E-state index contributed by atoms with van der Waals surface area (Å²) in [6, 6.07) is 6.43. The fraction of sp³-hybridized carbons (Fsp3) is 0.556. The fourth-order valence-corrected chi connectivity index (χ4v) is 9.14. The minimum absolute atomic E-state index is 0.149. The lowest BCUT2D eigenvalue weighted by Crippen LogP contribution is -2.41. The van der Waals surface area contributed by atoms with E-state index in [2.05, 4.69) is 72.6 Å². The lowest BCUT2D eigenvalue weighted by atomic mass is 9.84. The van der Waals surface area contributed by atoms with Crippen molar-refractivity contribution >= 4 is 35.3 Å². The predicted octanol–water partition coefficient (Wildman–Crippen LogP) is 5.61. The van der Waals surface area contributed by atoms with Crippen molar-refractivity contribution in [1.29, 1.82) is 0 Å². The van der Waals surface area contributed by atoms with Gasteiger partial charge in [0.05, 0.1) is 46.8 Å². The summed E-state index contributed by atoms with van der Waals surface area (Å²) in [6.07, 6.45) is 9.86. The maximum atomic E-state index is 15.6. The predicted molar refractivity (Wildman–Crippen MR) is 235 cm³/mol. The zero-order valence-electron chi connectivity index (χ0n) is 36.2. The van der Waals surface area contributed by atoms with Gasteiger partial charge < -0.3 is 41.4 Å². The third-order valence-corrected chi connectivity index (χ3v) is 12.4. The van der Waals surface area contributed by atoms with Crippen molar-refractivity contribution in [1.82, 2.24) is 40.5 Å². The van der Waals surface area contributed by atoms with Crippen LogP contribution in [0.2, 0.25) is 0 Å². The number of nitrogens with one attached hydrogen (secondary N) is 6. The second-order valence-corrected chi connectivity index (χ2v) is 18.2. The van der Waals surface area contributed by atoms with E-state index in [1.54, 1.807) is 18.3 Å². The first-order valence-electron chi connectivity index (χ1n) is 22.2. The van der Waals surface area contributed by atoms with Crippen LogP contribution >= 0.6 is 0 Å². The van der Waals surface area contributed by atoms with Crippen molar-refractivity contribution in [3.8, 4) is 22.5 Å². The van der Waals surface area contributed by atoms with E-state index in [9.17, 15) is 9.59 Å². The molecule has 4 saturated heterocycles. The van der Waals surface area contributed by atoms with Gasteiger partial charge in [-0.2, -0.15) is 0 Å². The van der Waals surface area contributed by atoms with Gasteiger partial charge in [0, 0.05) is 68.8 Å². The molecule has 16 nitrogen and oxygen atoms in total. The largest absolute Gasteiger partial charge is 0.376 e. The Morgan fingerprint density at radius 2 is 1.35 bits per heavy atom. The molecular formula is C45H58F2N12O4. The molecule has 2 amide bonds. The standard InChI is InChI=1S/C45H58F2N12O4/c1-44(2)18-27(8-13-62-44)21-54-43-55-31(15-37(57-43)33-17-39(52-26-35(33)47)59-41(61)30-6-11-49-24-30)20-45(3)19-28(9-14-63-45)22-53-42-50-12-7-36(56-42)32-16-38(51-25-34(32)46)58-40(60)29-5-4-10-48-23-29/h7,12,15-17,25-30,48-49H,4-6,8-11,13-14,18-24H2,1-3H3,(H,50,53,56)(H,51,58,60)(H,52,59,61)(H,54,55,57). The van der Waals surface area contributed by atoms with Crippen LogP contribution in [0.25, 0.3) is 22.5 Å². The molecule has 5 unspecified atom stereocenters. The van der Waals surface area contributed by atoms with Gasteiger partial charge in [0.25, 0.3) is 0 Å². The molecule has 4 aromatic rings. The fourth-order valence-electron chi connectivity index (χ4n) is 9.14. The summed E-state index contributed by atoms with van der Waals surface area (Å²) < 4.78 is 43.1. The van der Waals surface area contributed by atoms with Crippen molar-refractivity contribution in [3.63, 3.8) is 0 Å². The number of aromatic nitrogens is 6. The normalized spacial score (nSPS) is 24.7. The van der Waals surface area contributed by atoms with Crippen molar-refractivity contribution in [3.05, 3.63) is 60.2 Å². The summed E-state index contributed by atoms with van der Waals surface area (Å²) >= 11 is 0. The van der Waals surface area contributed by atoms with Crippen molar-refractivity contribution < 1.29 is 27.8 Å². The van der Waals surface area contributed by atoms with Crippen LogP contribution in [0.5, 0.6) is 0 Å². The second kappa shape index (κ2) is 19.6. The van der Waals surface area contributed by atoms with Gasteiger partial charge in [-0.1, -0.05) is 0 Å². The molecule has 4 fully saturated rings. The lowest BCUT2D eigenvalue weighted by molar-refractivity contribution is -0.120. The molecule has 4 aliphatic rings. The van der Waals surface area contributed by atoms with E-state index in [1.165, 1.54) is 12.1 Å². The van der Waals surface area contributed by atoms with Gasteiger partial charge >= 0.3 is 0 Å². The number of ether oxygens (including phenoxy) is 2. The maximum absolute atomic E-state index is 15.6. The van der Waals surface area contributed by atoms with Crippen LogP contribution in [0, 0.1) is 35.3 Å². The minimum atomic E-state index is -0.624. The van der Waals surface area contributed by atoms with Gasteiger partial charge in [-0.05, 0) is 115 Å². The highest BCUT2D eigenvalue weighted by atomic mass is 19.1. The summed E-state index contributed by atoms with van der Waals surface area (Å²) in [5, 5.41) is 18.9. The molecule has 0 aliphatic carbocycles. The van der Waals surface area contributed by atoms with Crippen LogP contribution in [0.3, 0.4) is 0 Å². The molecule has 0 aromatic carbocycles. The molecule has 6 N–H and O–H groups in total. The molecular weight excluding hydrogens is 811 g/mol. The molecule has 18 heteroatoms. The molecule has 8 rings (SSSR count). The Kier molecular flexibility index (Phi) is 13.8. The number of hydrogen-bond acceptors (Lipinski definition) is 14. The molecule has 336 valence electrons. The number of nitrogens with zero attached hydrogens (tertiary/aromatic N) is 6. The Labute approximate surface area is 366 Å². The van der Waals surface area contributed by atoms with Crippen LogP contribution in [0.4, 0.5) is 32.3 Å². The number of piperidine rings is 1. The number of anilines is 4. The number of halogens is 2. The quantitative estimate of drug-likeness (QED) is 0.0913. The molecule has 0 spiro atoms. The van der Waals surface area contributed by atoms with Gasteiger partial charge in [-0.3, -0.25) is 9.59 Å². The third-order valence-electron chi connectivity index (χ3n) is 12.4. The van der Waals surface area contributed by atoms with Crippen molar-refractivity contribution in [2.24, 2.45) is 23.7 Å². The van der Waals surface area contributed by atoms with Crippen LogP contribution in [-0.4, -0.2) is 105 Å². The summed E-state index contributed by atoms with van der Waals surface area (Å²) in [7, 11) is 0. The Hall–Kier alpha value is -5.30. The average Bonchev–Trinajstić information content (AvgIpc) is 3.82. The highest BCUT2D eigenvalue weighted by Gasteiger charge is 2.35. The van der Waals surface area contributed by atoms with Gasteiger partial charge in [0.1, 0.15) is 11.6 Å². The maximum Gasteiger partial charge on any atom is 0.229 e. The van der Waals surface area contributed by atoms with Gasteiger partial charge in [-0.25, -0.2) is 38.7 Å². The Balaban J connectivity index is 0.959. The molecule has 0 bridgehead atoms. The van der Waals surface area contributed by atoms with E-state index in [0.29, 0.717) is 87.1 Å². The van der Waals surface area contributed by atoms with Crippen LogP contribution in [0.1, 0.15) is 71.4 Å². The molecule has 4 aliphatic heterocycles. The van der Waals surface area contributed by atoms with Crippen molar-refractivity contribution in [2.75, 3.05) is 73.7 Å². The topological polar surface area (TPSA) is 202 Å². The number of rotatable bonds is 14. The zero-order chi connectivity index (χ0) is 44.0. The monoisotopic (exact) mass is 868 g/mol. The summed E-state index contributed by atoms with van der Waals surface area (Å²) in [4.78, 5) is 52.8. The first-order valence-corrected chi connectivity index (χ1v) is 22.2. The molecule has 4 aromatic heterocycles. The lowest BCUT2D eigenvalue weighted by Gasteiger charge is -2.38. The third kappa shape index (κ3) is 11.6. The van der Waals surface area contributed by atoms with Gasteiger partial charge in [-0.15, -0.1) is 0 Å². The van der Waals surface area contributed by atoms with E-state index in [-0.39, 0.29) is 57.9 Å². The Morgan fingerprint density at radius 1 is 0.730 bits per heavy atom. The van der Waals surface area contributed by atoms with Crippen molar-refractivity contribution in [2.45, 2.75) is 83.3 Å². The summed E-state index contributed by atoms with van der Waals surface area (Å²) in [5.41, 5.74) is 0.947. The second-order valence-electron chi connectivity index (χ2n) is 18.2. The van der Waals surface area contributed by atoms with E-state index in [0.717, 1.165) is 64.0 Å². The van der Waals surface area contributed by atoms with Crippen LogP contribution in [0.15, 0.2) is 42.9 Å². The highest BCUT2D eigenvalue weighted by molar-refractivity contribution is 5.93. The van der Waals surface area contributed by atoms with Crippen LogP contribution < -0.4 is 31.9 Å². The molecule has 8 heterocycles. The van der Waals surface area contributed by atoms with E-state index >= 15 is 8.78 Å². The number of carbonyl (C=O) groups is 2. The van der Waals surface area contributed by atoms with E-state index in [4.69, 9.17) is 19.4 Å². The van der Waals surface area contributed by atoms with Gasteiger partial charge in [0.2, 0.25) is 23.7 Å². The molecule has 0 radical (unpaired) electrons. The summed E-state index contributed by atoms with van der Waals surface area (Å²) in [5.74, 6) is -0.0592. The highest BCUT2D eigenvalue weighted by Crippen LogP contribution is 2.35. The Bertz CT molecular complexity index is 2260. The van der Waals surface area contributed by atoms with Crippen LogP contribution in [-0.2, 0) is 25.5 Å². The Morgan fingerprint density at radius 3 is 2.00 bits per heavy atom. The van der Waals surface area contributed by atoms with Gasteiger partial charge in [0.15, 0.2) is 11.6 Å². The number of pyridine rings is 2. The van der Waals surface area contributed by atoms with E-state index < -0.39 is 17.2 Å². The zero-order valence-corrected chi connectivity index (χ0v) is 36.2. The molecule has 5 atom stereocenters. The summed E-state index contributed by atoms with van der Waals surface area (Å²) in [6.45, 7) is 11.4. The SMILES string of the molecule is CC1(C)CC(CNc2nc(CC3(C)CC(CNc4nccc(-c5cc(NC(=O)C6CCCNC6)ncc5F)n4)CCO3)cc(-c3cc(NC(=O)C4CCNC4)ncc3F)n2)CCO1. The average molecular weight is 869 g/mol. The molecule has 63 heavy (non-hydrogen) atoms. The molecule has 0 saturated carbocycles. The van der Waals surface area contributed by atoms with E-state index in [1.807, 2.05) is 0 Å².